The van der Waals surface area contributed by atoms with Crippen LogP contribution in [0.25, 0.3) is 5.69 Å². The lowest BCUT2D eigenvalue weighted by Crippen LogP contribution is -2.24. The van der Waals surface area contributed by atoms with E-state index >= 15 is 0 Å². The minimum Gasteiger partial charge on any atom is -0.299 e. The summed E-state index contributed by atoms with van der Waals surface area (Å²) in [5, 5.41) is 4.38. The Morgan fingerprint density at radius 3 is 2.55 bits per heavy atom. The molecule has 1 aliphatic carbocycles. The first-order valence-electron chi connectivity index (χ1n) is 10.8. The van der Waals surface area contributed by atoms with Gasteiger partial charge in [0.1, 0.15) is 23.0 Å². The number of hydrogen-bond acceptors (Lipinski definition) is 4. The molecule has 6 heteroatoms. The van der Waals surface area contributed by atoms with Gasteiger partial charge in [-0.15, -0.1) is 0 Å². The van der Waals surface area contributed by atoms with Crippen molar-refractivity contribution in [2.45, 2.75) is 45.4 Å². The minimum absolute atomic E-state index is 0.00191. The fourth-order valence-corrected chi connectivity index (χ4v) is 4.30. The van der Waals surface area contributed by atoms with Crippen molar-refractivity contribution in [3.63, 3.8) is 0 Å². The van der Waals surface area contributed by atoms with E-state index in [9.17, 15) is 14.0 Å². The highest BCUT2D eigenvalue weighted by Gasteiger charge is 2.28. The molecule has 0 spiro atoms. The van der Waals surface area contributed by atoms with Gasteiger partial charge < -0.3 is 0 Å². The van der Waals surface area contributed by atoms with E-state index in [-0.39, 0.29) is 29.7 Å². The van der Waals surface area contributed by atoms with Crippen molar-refractivity contribution in [1.82, 2.24) is 14.8 Å². The van der Waals surface area contributed by atoms with Crippen LogP contribution in [-0.4, -0.2) is 26.3 Å². The second kappa shape index (κ2) is 9.33. The van der Waals surface area contributed by atoms with Crippen LogP contribution in [0.5, 0.6) is 0 Å². The van der Waals surface area contributed by atoms with Gasteiger partial charge in [-0.25, -0.2) is 9.07 Å². The Kier molecular flexibility index (Phi) is 6.35. The Morgan fingerprint density at radius 1 is 1.03 bits per heavy atom. The van der Waals surface area contributed by atoms with E-state index in [4.69, 9.17) is 0 Å². The van der Waals surface area contributed by atoms with Gasteiger partial charge in [0, 0.05) is 24.2 Å². The number of halogens is 1. The van der Waals surface area contributed by atoms with Crippen LogP contribution >= 0.6 is 0 Å². The van der Waals surface area contributed by atoms with Crippen molar-refractivity contribution in [3.8, 4) is 5.69 Å². The monoisotopic (exact) mass is 419 g/mol. The van der Waals surface area contributed by atoms with Gasteiger partial charge in [0.05, 0.1) is 12.1 Å². The molecular formula is C25H26FN3O2. The fourth-order valence-electron chi connectivity index (χ4n) is 4.30. The van der Waals surface area contributed by atoms with Gasteiger partial charge in [0.15, 0.2) is 5.78 Å². The maximum absolute atomic E-state index is 13.9. The van der Waals surface area contributed by atoms with E-state index in [1.807, 2.05) is 19.1 Å². The zero-order chi connectivity index (χ0) is 21.8. The average molecular weight is 420 g/mol. The molecule has 0 N–H and O–H groups in total. The molecule has 2 aromatic heterocycles. The van der Waals surface area contributed by atoms with Gasteiger partial charge in [-0.05, 0) is 68.9 Å². The third-order valence-electron chi connectivity index (χ3n) is 6.05. The quantitative estimate of drug-likeness (QED) is 0.511. The number of carbonyl (C=O) groups excluding carboxylic acids is 2. The number of hydrogen-bond donors (Lipinski definition) is 0. The molecule has 1 fully saturated rings. The summed E-state index contributed by atoms with van der Waals surface area (Å²) in [5.74, 6) is 0.208. The van der Waals surface area contributed by atoms with Crippen molar-refractivity contribution in [2.24, 2.45) is 11.8 Å². The summed E-state index contributed by atoms with van der Waals surface area (Å²) >= 11 is 0. The van der Waals surface area contributed by atoms with Crippen LogP contribution in [0.4, 0.5) is 4.39 Å². The third kappa shape index (κ3) is 5.13. The van der Waals surface area contributed by atoms with Gasteiger partial charge in [-0.1, -0.05) is 18.2 Å². The summed E-state index contributed by atoms with van der Waals surface area (Å²) in [6.07, 6.45) is 5.77. The smallest absolute Gasteiger partial charge is 0.181 e. The zero-order valence-corrected chi connectivity index (χ0v) is 17.6. The van der Waals surface area contributed by atoms with Crippen LogP contribution < -0.4 is 0 Å². The number of pyridine rings is 1. The maximum Gasteiger partial charge on any atom is 0.181 e. The van der Waals surface area contributed by atoms with Crippen LogP contribution in [0.1, 0.15) is 54.0 Å². The summed E-state index contributed by atoms with van der Waals surface area (Å²) in [5.41, 5.74) is 2.40. The van der Waals surface area contributed by atoms with Crippen LogP contribution in [0.15, 0.2) is 54.7 Å². The molecule has 0 amide bonds. The molecule has 0 aliphatic heterocycles. The standard InChI is InChI=1S/C25H26FN3O2/c1-17-5-4-7-22(27-17)25(31)15-18-9-11-19(12-10-18)24(30)16-20-13-14-29(28-20)23-8-3-2-6-21(23)26/h2-8,13-14,18-19H,9-12,15-16H2,1H3. The van der Waals surface area contributed by atoms with E-state index in [0.717, 1.165) is 31.4 Å². The highest BCUT2D eigenvalue weighted by atomic mass is 19.1. The fraction of sp³-hybridized carbons (Fsp3) is 0.360. The third-order valence-corrected chi connectivity index (χ3v) is 6.05. The molecule has 1 aromatic carbocycles. The van der Waals surface area contributed by atoms with Gasteiger partial charge >= 0.3 is 0 Å². The summed E-state index contributed by atoms with van der Waals surface area (Å²) in [6, 6.07) is 13.7. The molecule has 2 heterocycles. The molecule has 0 bridgehead atoms. The van der Waals surface area contributed by atoms with E-state index in [0.29, 0.717) is 29.4 Å². The number of aromatic nitrogens is 3. The molecule has 31 heavy (non-hydrogen) atoms. The number of Topliss-reactive ketones (excluding diaryl/α,β-unsaturated/α-hetero) is 2. The predicted octanol–water partition coefficient (Wildman–Crippen LogP) is 4.91. The summed E-state index contributed by atoms with van der Waals surface area (Å²) in [7, 11) is 0. The highest BCUT2D eigenvalue weighted by molar-refractivity contribution is 5.94. The number of para-hydroxylation sites is 1. The van der Waals surface area contributed by atoms with Crippen molar-refractivity contribution in [2.75, 3.05) is 0 Å². The van der Waals surface area contributed by atoms with Crippen LogP contribution in [0.2, 0.25) is 0 Å². The SMILES string of the molecule is Cc1cccc(C(=O)CC2CCC(C(=O)Cc3ccn(-c4ccccc4F)n3)CC2)n1. The Labute approximate surface area is 181 Å². The largest absolute Gasteiger partial charge is 0.299 e. The first kappa shape index (κ1) is 21.1. The van der Waals surface area contributed by atoms with E-state index in [1.165, 1.54) is 10.7 Å². The number of benzene rings is 1. The zero-order valence-electron chi connectivity index (χ0n) is 17.6. The second-order valence-corrected chi connectivity index (χ2v) is 8.36. The lowest BCUT2D eigenvalue weighted by Gasteiger charge is -2.27. The van der Waals surface area contributed by atoms with Gasteiger partial charge in [-0.2, -0.15) is 5.10 Å². The molecule has 0 saturated heterocycles. The summed E-state index contributed by atoms with van der Waals surface area (Å²) < 4.78 is 15.4. The lowest BCUT2D eigenvalue weighted by molar-refractivity contribution is -0.123. The number of aryl methyl sites for hydroxylation is 1. The second-order valence-electron chi connectivity index (χ2n) is 8.36. The molecule has 0 radical (unpaired) electrons. The average Bonchev–Trinajstić information content (AvgIpc) is 3.22. The Balaban J connectivity index is 1.29. The first-order chi connectivity index (χ1) is 15.0. The van der Waals surface area contributed by atoms with E-state index in [2.05, 4.69) is 10.1 Å². The molecule has 4 rings (SSSR count). The predicted molar refractivity (Wildman–Crippen MR) is 116 cm³/mol. The Bertz CT molecular complexity index is 1080. The van der Waals surface area contributed by atoms with Crippen molar-refractivity contribution in [3.05, 3.63) is 77.6 Å². The van der Waals surface area contributed by atoms with Crippen LogP contribution in [0, 0.1) is 24.6 Å². The maximum atomic E-state index is 13.9. The van der Waals surface area contributed by atoms with Crippen LogP contribution in [-0.2, 0) is 11.2 Å². The Hall–Kier alpha value is -3.15. The van der Waals surface area contributed by atoms with Crippen LogP contribution in [0.3, 0.4) is 0 Å². The van der Waals surface area contributed by atoms with E-state index < -0.39 is 0 Å². The minimum atomic E-state index is -0.350. The molecule has 160 valence electrons. The lowest BCUT2D eigenvalue weighted by atomic mass is 9.77. The van der Waals surface area contributed by atoms with Crippen molar-refractivity contribution >= 4 is 11.6 Å². The van der Waals surface area contributed by atoms with Gasteiger partial charge in [0.2, 0.25) is 0 Å². The van der Waals surface area contributed by atoms with E-state index in [1.54, 1.807) is 36.5 Å². The van der Waals surface area contributed by atoms with Gasteiger partial charge in [0.25, 0.3) is 0 Å². The molecule has 0 atom stereocenters. The highest BCUT2D eigenvalue weighted by Crippen LogP contribution is 2.32. The number of ketones is 2. The van der Waals surface area contributed by atoms with Crippen molar-refractivity contribution in [1.29, 1.82) is 0 Å². The molecule has 1 saturated carbocycles. The normalized spacial score (nSPS) is 18.6. The summed E-state index contributed by atoms with van der Waals surface area (Å²) in [4.78, 5) is 29.6. The molecule has 1 aliphatic rings. The Morgan fingerprint density at radius 2 is 1.81 bits per heavy atom. The topological polar surface area (TPSA) is 64.8 Å². The molecular weight excluding hydrogens is 393 g/mol. The molecule has 0 unspecified atom stereocenters. The summed E-state index contributed by atoms with van der Waals surface area (Å²) in [6.45, 7) is 1.88. The number of nitrogens with zero attached hydrogens (tertiary/aromatic N) is 3. The first-order valence-corrected chi connectivity index (χ1v) is 10.8. The molecule has 3 aromatic rings. The number of carbonyl (C=O) groups is 2. The molecule has 5 nitrogen and oxygen atoms in total. The van der Waals surface area contributed by atoms with Gasteiger partial charge in [-0.3, -0.25) is 14.6 Å². The van der Waals surface area contributed by atoms with Crippen molar-refractivity contribution < 1.29 is 14.0 Å². The number of rotatable bonds is 7.